The van der Waals surface area contributed by atoms with Crippen molar-refractivity contribution in [1.82, 2.24) is 14.4 Å². The van der Waals surface area contributed by atoms with Gasteiger partial charge < -0.3 is 19.1 Å². The molecule has 2 fully saturated rings. The Balaban J connectivity index is 0.00000205. The molecular formula is C23H32ClN3O2. The number of carbonyl (C=O) groups excluding carboxylic acids is 1. The largest absolute Gasteiger partial charge is 0.489 e. The molecule has 1 amide bonds. The molecule has 0 bridgehead atoms. The van der Waals surface area contributed by atoms with Gasteiger partial charge in [-0.1, -0.05) is 38.3 Å². The molecule has 1 saturated heterocycles. The summed E-state index contributed by atoms with van der Waals surface area (Å²) in [5.41, 5.74) is 1.98. The van der Waals surface area contributed by atoms with Crippen LogP contribution in [-0.2, 0) is 0 Å². The minimum Gasteiger partial charge on any atom is -0.489 e. The van der Waals surface area contributed by atoms with Gasteiger partial charge in [-0.25, -0.2) is 0 Å². The zero-order chi connectivity index (χ0) is 19.1. The first-order valence-electron chi connectivity index (χ1n) is 11.0. The van der Waals surface area contributed by atoms with E-state index >= 15 is 0 Å². The van der Waals surface area contributed by atoms with Crippen molar-refractivity contribution in [2.75, 3.05) is 39.3 Å². The first kappa shape index (κ1) is 20.5. The fourth-order valence-corrected chi connectivity index (χ4v) is 5.40. The van der Waals surface area contributed by atoms with Crippen LogP contribution in [0.3, 0.4) is 0 Å². The van der Waals surface area contributed by atoms with Crippen LogP contribution in [0.1, 0.15) is 55.4 Å². The van der Waals surface area contributed by atoms with Crippen LogP contribution in [0.2, 0.25) is 0 Å². The van der Waals surface area contributed by atoms with Gasteiger partial charge in [0.2, 0.25) is 0 Å². The standard InChI is InChI=1S/C23H31N3O2.ClH/c1-2-24-11-13-25(14-12-24)23(27)19-15-26-20(17-7-4-3-5-8-17)16-28-21-10-6-9-18(19)22(21)26;/h6,9-10,15,17,20H,2-5,7-8,11-14,16H2,1H3;1H/t20-;/m0./s1. The van der Waals surface area contributed by atoms with Crippen LogP contribution in [0.5, 0.6) is 5.75 Å². The lowest BCUT2D eigenvalue weighted by atomic mass is 9.83. The molecule has 1 atom stereocenters. The highest BCUT2D eigenvalue weighted by Crippen LogP contribution is 2.42. The van der Waals surface area contributed by atoms with Gasteiger partial charge in [0.05, 0.1) is 17.1 Å². The molecule has 1 aliphatic carbocycles. The van der Waals surface area contributed by atoms with E-state index in [0.29, 0.717) is 12.0 Å². The summed E-state index contributed by atoms with van der Waals surface area (Å²) in [7, 11) is 0. The van der Waals surface area contributed by atoms with Crippen LogP contribution in [0.25, 0.3) is 10.9 Å². The molecule has 0 spiro atoms. The SMILES string of the molecule is CCN1CCN(C(=O)c2cn3c4c(cccc24)OC[C@H]3C2CCCCC2)CC1.Cl. The Morgan fingerprint density at radius 3 is 2.59 bits per heavy atom. The smallest absolute Gasteiger partial charge is 0.256 e. The number of benzene rings is 1. The lowest BCUT2D eigenvalue weighted by molar-refractivity contribution is 0.0644. The molecule has 3 heterocycles. The Bertz CT molecular complexity index is 866. The quantitative estimate of drug-likeness (QED) is 0.744. The van der Waals surface area contributed by atoms with Gasteiger partial charge in [-0.2, -0.15) is 0 Å². The Morgan fingerprint density at radius 1 is 1.10 bits per heavy atom. The van der Waals surface area contributed by atoms with Gasteiger partial charge in [0.25, 0.3) is 5.91 Å². The molecule has 0 unspecified atom stereocenters. The second-order valence-electron chi connectivity index (χ2n) is 8.61. The third-order valence-electron chi connectivity index (χ3n) is 7.11. The minimum atomic E-state index is 0. The lowest BCUT2D eigenvalue weighted by Gasteiger charge is -2.34. The van der Waals surface area contributed by atoms with E-state index < -0.39 is 0 Å². The molecule has 1 aromatic heterocycles. The Morgan fingerprint density at radius 2 is 1.86 bits per heavy atom. The Labute approximate surface area is 179 Å². The third-order valence-corrected chi connectivity index (χ3v) is 7.11. The van der Waals surface area contributed by atoms with Crippen LogP contribution >= 0.6 is 12.4 Å². The number of para-hydroxylation sites is 1. The number of amides is 1. The number of halogens is 1. The van der Waals surface area contributed by atoms with E-state index in [9.17, 15) is 4.79 Å². The number of hydrogen-bond donors (Lipinski definition) is 0. The molecule has 2 aliphatic heterocycles. The van der Waals surface area contributed by atoms with Crippen molar-refractivity contribution in [2.45, 2.75) is 45.1 Å². The molecule has 6 heteroatoms. The summed E-state index contributed by atoms with van der Waals surface area (Å²) < 4.78 is 8.56. The summed E-state index contributed by atoms with van der Waals surface area (Å²) in [6, 6.07) is 6.52. The number of piperazine rings is 1. The van der Waals surface area contributed by atoms with E-state index in [1.165, 1.54) is 32.1 Å². The van der Waals surface area contributed by atoms with Crippen molar-refractivity contribution in [1.29, 1.82) is 0 Å². The average molecular weight is 418 g/mol. The zero-order valence-electron chi connectivity index (χ0n) is 17.3. The summed E-state index contributed by atoms with van der Waals surface area (Å²) >= 11 is 0. The van der Waals surface area contributed by atoms with Gasteiger partial charge in [0, 0.05) is 37.8 Å². The number of likely N-dealkylation sites (N-methyl/N-ethyl adjacent to an activating group) is 1. The highest BCUT2D eigenvalue weighted by molar-refractivity contribution is 6.08. The van der Waals surface area contributed by atoms with Gasteiger partial charge in [0.1, 0.15) is 12.4 Å². The number of ether oxygens (including phenoxy) is 1. The second kappa shape index (κ2) is 8.57. The van der Waals surface area contributed by atoms with E-state index in [2.05, 4.69) is 28.7 Å². The van der Waals surface area contributed by atoms with Gasteiger partial charge in [-0.05, 0) is 31.4 Å². The maximum atomic E-state index is 13.4. The second-order valence-corrected chi connectivity index (χ2v) is 8.61. The minimum absolute atomic E-state index is 0. The topological polar surface area (TPSA) is 37.7 Å². The van der Waals surface area contributed by atoms with Crippen LogP contribution < -0.4 is 4.74 Å². The third kappa shape index (κ3) is 3.64. The number of carbonyl (C=O) groups is 1. The van der Waals surface area contributed by atoms with Gasteiger partial charge in [-0.15, -0.1) is 12.4 Å². The van der Waals surface area contributed by atoms with E-state index in [4.69, 9.17) is 4.74 Å². The first-order valence-corrected chi connectivity index (χ1v) is 11.0. The molecular weight excluding hydrogens is 386 g/mol. The predicted molar refractivity (Wildman–Crippen MR) is 118 cm³/mol. The normalized spacial score (nSPS) is 22.9. The Hall–Kier alpha value is -1.72. The summed E-state index contributed by atoms with van der Waals surface area (Å²) in [4.78, 5) is 17.8. The van der Waals surface area contributed by atoms with Crippen LogP contribution in [-0.4, -0.2) is 59.6 Å². The van der Waals surface area contributed by atoms with Crippen molar-refractivity contribution >= 4 is 29.2 Å². The summed E-state index contributed by atoms with van der Waals surface area (Å²) in [6.45, 7) is 7.57. The van der Waals surface area contributed by atoms with Gasteiger partial charge >= 0.3 is 0 Å². The van der Waals surface area contributed by atoms with Gasteiger partial charge in [0.15, 0.2) is 0 Å². The van der Waals surface area contributed by atoms with Gasteiger partial charge in [-0.3, -0.25) is 4.79 Å². The number of nitrogens with zero attached hydrogens (tertiary/aromatic N) is 3. The van der Waals surface area contributed by atoms with Crippen molar-refractivity contribution in [3.8, 4) is 5.75 Å². The molecule has 0 radical (unpaired) electrons. The molecule has 2 aromatic rings. The van der Waals surface area contributed by atoms with E-state index in [1.807, 2.05) is 17.0 Å². The van der Waals surface area contributed by atoms with Crippen molar-refractivity contribution < 1.29 is 9.53 Å². The number of aromatic nitrogens is 1. The first-order chi connectivity index (χ1) is 13.8. The Kier molecular flexibility index (Phi) is 6.07. The fraction of sp³-hybridized carbons (Fsp3) is 0.609. The molecule has 3 aliphatic rings. The average Bonchev–Trinajstić information content (AvgIpc) is 3.15. The number of rotatable bonds is 3. The van der Waals surface area contributed by atoms with Crippen LogP contribution in [0.15, 0.2) is 24.4 Å². The molecule has 0 N–H and O–H groups in total. The maximum absolute atomic E-state index is 13.4. The zero-order valence-corrected chi connectivity index (χ0v) is 18.1. The van der Waals surface area contributed by atoms with Crippen LogP contribution in [0, 0.1) is 5.92 Å². The highest BCUT2D eigenvalue weighted by Gasteiger charge is 2.33. The number of hydrogen-bond acceptors (Lipinski definition) is 3. The van der Waals surface area contributed by atoms with E-state index in [0.717, 1.165) is 61.5 Å². The monoisotopic (exact) mass is 417 g/mol. The highest BCUT2D eigenvalue weighted by atomic mass is 35.5. The molecule has 1 aromatic carbocycles. The summed E-state index contributed by atoms with van der Waals surface area (Å²) in [5, 5.41) is 1.06. The van der Waals surface area contributed by atoms with E-state index in [1.54, 1.807) is 0 Å². The summed E-state index contributed by atoms with van der Waals surface area (Å²) in [5.74, 6) is 1.77. The van der Waals surface area contributed by atoms with Crippen molar-refractivity contribution in [3.63, 3.8) is 0 Å². The molecule has 158 valence electrons. The van der Waals surface area contributed by atoms with Crippen molar-refractivity contribution in [2.24, 2.45) is 5.92 Å². The predicted octanol–water partition coefficient (Wildman–Crippen LogP) is 4.35. The molecule has 29 heavy (non-hydrogen) atoms. The molecule has 5 nitrogen and oxygen atoms in total. The fourth-order valence-electron chi connectivity index (χ4n) is 5.40. The van der Waals surface area contributed by atoms with E-state index in [-0.39, 0.29) is 18.3 Å². The molecule has 5 rings (SSSR count). The van der Waals surface area contributed by atoms with Crippen molar-refractivity contribution in [3.05, 3.63) is 30.0 Å². The summed E-state index contributed by atoms with van der Waals surface area (Å²) in [6.07, 6.45) is 8.69. The molecule has 1 saturated carbocycles. The maximum Gasteiger partial charge on any atom is 0.256 e. The lowest BCUT2D eigenvalue weighted by Crippen LogP contribution is -2.48. The van der Waals surface area contributed by atoms with Crippen LogP contribution in [0.4, 0.5) is 0 Å².